The molecule has 1 aliphatic carbocycles. The molecule has 0 spiro atoms. The predicted molar refractivity (Wildman–Crippen MR) is 95.5 cm³/mol. The van der Waals surface area contributed by atoms with Crippen molar-refractivity contribution in [2.45, 2.75) is 62.7 Å². The van der Waals surface area contributed by atoms with Crippen molar-refractivity contribution in [3.05, 3.63) is 35.6 Å². The number of sulfone groups is 1. The summed E-state index contributed by atoms with van der Waals surface area (Å²) in [5.74, 6) is -0.392. The Morgan fingerprint density at radius 1 is 1.16 bits per heavy atom. The van der Waals surface area contributed by atoms with Crippen LogP contribution in [0.2, 0.25) is 0 Å². The van der Waals surface area contributed by atoms with E-state index in [4.69, 9.17) is 0 Å². The summed E-state index contributed by atoms with van der Waals surface area (Å²) < 4.78 is 38.0. The molecule has 3 rings (SSSR count). The van der Waals surface area contributed by atoms with Crippen molar-refractivity contribution in [1.82, 2.24) is 4.90 Å². The number of carbonyl (C=O) groups is 1. The summed E-state index contributed by atoms with van der Waals surface area (Å²) in [6, 6.07) is 6.51. The first kappa shape index (κ1) is 18.4. The molecule has 0 radical (unpaired) electrons. The van der Waals surface area contributed by atoms with Gasteiger partial charge in [-0.3, -0.25) is 4.79 Å². The van der Waals surface area contributed by atoms with Gasteiger partial charge in [-0.15, -0.1) is 0 Å². The molecule has 1 amide bonds. The summed E-state index contributed by atoms with van der Waals surface area (Å²) >= 11 is 0. The molecule has 1 heterocycles. The van der Waals surface area contributed by atoms with Crippen molar-refractivity contribution in [3.63, 3.8) is 0 Å². The van der Waals surface area contributed by atoms with Crippen LogP contribution >= 0.6 is 0 Å². The summed E-state index contributed by atoms with van der Waals surface area (Å²) in [7, 11) is -3.16. The highest BCUT2D eigenvalue weighted by Crippen LogP contribution is 2.27. The molecule has 1 aromatic rings. The Labute approximate surface area is 149 Å². The van der Waals surface area contributed by atoms with Crippen LogP contribution in [0.3, 0.4) is 0 Å². The largest absolute Gasteiger partial charge is 0.339 e. The van der Waals surface area contributed by atoms with Gasteiger partial charge in [-0.05, 0) is 49.8 Å². The lowest BCUT2D eigenvalue weighted by Gasteiger charge is -2.25. The summed E-state index contributed by atoms with van der Waals surface area (Å²) in [6.45, 7) is 0.669. The van der Waals surface area contributed by atoms with Crippen molar-refractivity contribution >= 4 is 15.7 Å². The Morgan fingerprint density at radius 3 is 2.64 bits per heavy atom. The van der Waals surface area contributed by atoms with Crippen molar-refractivity contribution < 1.29 is 17.6 Å². The van der Waals surface area contributed by atoms with E-state index in [1.807, 2.05) is 6.07 Å². The van der Waals surface area contributed by atoms with E-state index in [9.17, 15) is 17.6 Å². The van der Waals surface area contributed by atoms with Gasteiger partial charge >= 0.3 is 0 Å². The van der Waals surface area contributed by atoms with Crippen LogP contribution < -0.4 is 0 Å². The minimum atomic E-state index is -3.16. The van der Waals surface area contributed by atoms with Crippen LogP contribution in [0.15, 0.2) is 24.3 Å². The number of benzene rings is 1. The summed E-state index contributed by atoms with van der Waals surface area (Å²) in [5.41, 5.74) is 0.878. The van der Waals surface area contributed by atoms with Gasteiger partial charge in [0, 0.05) is 19.0 Å². The maximum Gasteiger partial charge on any atom is 0.223 e. The fraction of sp³-hybridized carbons (Fsp3) is 0.632. The zero-order chi connectivity index (χ0) is 17.9. The zero-order valence-corrected chi connectivity index (χ0v) is 15.3. The molecule has 1 aliphatic heterocycles. The Balaban J connectivity index is 1.57. The molecule has 1 aromatic carbocycles. The minimum Gasteiger partial charge on any atom is -0.339 e. The molecular formula is C19H26FNO3S. The molecule has 0 N–H and O–H groups in total. The predicted octanol–water partition coefficient (Wildman–Crippen LogP) is 3.11. The van der Waals surface area contributed by atoms with E-state index in [1.54, 1.807) is 11.0 Å². The van der Waals surface area contributed by atoms with Crippen molar-refractivity contribution in [2.24, 2.45) is 0 Å². The Morgan fingerprint density at radius 2 is 1.92 bits per heavy atom. The third-order valence-electron chi connectivity index (χ3n) is 5.47. The van der Waals surface area contributed by atoms with Crippen LogP contribution in [0.4, 0.5) is 4.39 Å². The zero-order valence-electron chi connectivity index (χ0n) is 14.5. The average Bonchev–Trinajstić information content (AvgIpc) is 3.25. The molecule has 1 saturated heterocycles. The topological polar surface area (TPSA) is 54.5 Å². The van der Waals surface area contributed by atoms with Crippen LogP contribution in [0.1, 0.15) is 50.5 Å². The summed E-state index contributed by atoms with van der Waals surface area (Å²) in [4.78, 5) is 14.4. The van der Waals surface area contributed by atoms with E-state index >= 15 is 0 Å². The number of halogens is 1. The first-order valence-electron chi connectivity index (χ1n) is 9.21. The number of amides is 1. The second-order valence-electron chi connectivity index (χ2n) is 7.24. The molecule has 1 saturated carbocycles. The standard InChI is InChI=1S/C19H26FNO3S/c20-16-6-3-5-15(13-16)14-17-7-4-11-21(17)19(22)10-12-25(23,24)18-8-1-2-9-18/h3,5-6,13,17-18H,1-2,4,7-12,14H2. The number of rotatable bonds is 6. The van der Waals surface area contributed by atoms with Gasteiger partial charge in [-0.25, -0.2) is 12.8 Å². The van der Waals surface area contributed by atoms with Crippen molar-refractivity contribution in [3.8, 4) is 0 Å². The lowest BCUT2D eigenvalue weighted by atomic mass is 10.0. The molecule has 1 unspecified atom stereocenters. The smallest absolute Gasteiger partial charge is 0.223 e. The molecule has 138 valence electrons. The minimum absolute atomic E-state index is 0.0420. The molecule has 0 bridgehead atoms. The maximum atomic E-state index is 13.3. The first-order chi connectivity index (χ1) is 12.0. The van der Waals surface area contributed by atoms with Gasteiger partial charge in [0.25, 0.3) is 0 Å². The van der Waals surface area contributed by atoms with Crippen LogP contribution in [-0.4, -0.2) is 42.8 Å². The van der Waals surface area contributed by atoms with Gasteiger partial charge in [0.2, 0.25) is 5.91 Å². The lowest BCUT2D eigenvalue weighted by Crippen LogP contribution is -2.38. The van der Waals surface area contributed by atoms with Gasteiger partial charge in [0.15, 0.2) is 9.84 Å². The number of carbonyl (C=O) groups excluding carboxylic acids is 1. The van der Waals surface area contributed by atoms with E-state index in [2.05, 4.69) is 0 Å². The highest BCUT2D eigenvalue weighted by molar-refractivity contribution is 7.92. The highest BCUT2D eigenvalue weighted by atomic mass is 32.2. The SMILES string of the molecule is O=C(CCS(=O)(=O)C1CCCC1)N1CCCC1Cc1cccc(F)c1. The molecule has 1 atom stereocenters. The third-order valence-corrected chi connectivity index (χ3v) is 7.73. The Bertz CT molecular complexity index is 713. The molecule has 2 aliphatic rings. The van der Waals surface area contributed by atoms with Crippen molar-refractivity contribution in [1.29, 1.82) is 0 Å². The van der Waals surface area contributed by atoms with Gasteiger partial charge in [-0.1, -0.05) is 25.0 Å². The molecule has 6 heteroatoms. The number of hydrogen-bond donors (Lipinski definition) is 0. The monoisotopic (exact) mass is 367 g/mol. The van der Waals surface area contributed by atoms with E-state index in [0.717, 1.165) is 44.1 Å². The summed E-state index contributed by atoms with van der Waals surface area (Å²) in [6.07, 6.45) is 5.92. The third kappa shape index (κ3) is 4.60. The first-order valence-corrected chi connectivity index (χ1v) is 10.9. The number of nitrogens with zero attached hydrogens (tertiary/aromatic N) is 1. The quantitative estimate of drug-likeness (QED) is 0.776. The van der Waals surface area contributed by atoms with E-state index in [1.165, 1.54) is 12.1 Å². The number of likely N-dealkylation sites (tertiary alicyclic amines) is 1. The fourth-order valence-electron chi connectivity index (χ4n) is 4.10. The fourth-order valence-corrected chi connectivity index (χ4v) is 5.94. The Kier molecular flexibility index (Phi) is 5.77. The van der Waals surface area contributed by atoms with Crippen molar-refractivity contribution in [2.75, 3.05) is 12.3 Å². The van der Waals surface area contributed by atoms with E-state index in [-0.39, 0.29) is 35.2 Å². The molecule has 0 aromatic heterocycles. The highest BCUT2D eigenvalue weighted by Gasteiger charge is 2.32. The van der Waals surface area contributed by atoms with Crippen LogP contribution in [0, 0.1) is 5.82 Å². The molecular weight excluding hydrogens is 341 g/mol. The van der Waals surface area contributed by atoms with Gasteiger partial charge in [0.05, 0.1) is 11.0 Å². The molecule has 25 heavy (non-hydrogen) atoms. The van der Waals surface area contributed by atoms with E-state index < -0.39 is 9.84 Å². The Hall–Kier alpha value is -1.43. The number of hydrogen-bond acceptors (Lipinski definition) is 3. The summed E-state index contributed by atoms with van der Waals surface area (Å²) in [5, 5.41) is -0.248. The van der Waals surface area contributed by atoms with Gasteiger partial charge in [0.1, 0.15) is 5.82 Å². The normalized spacial score (nSPS) is 21.8. The average molecular weight is 367 g/mol. The van der Waals surface area contributed by atoms with Crippen LogP contribution in [0.5, 0.6) is 0 Å². The van der Waals surface area contributed by atoms with Crippen LogP contribution in [0.25, 0.3) is 0 Å². The van der Waals surface area contributed by atoms with E-state index in [0.29, 0.717) is 13.0 Å². The second-order valence-corrected chi connectivity index (χ2v) is 9.64. The molecule has 2 fully saturated rings. The second kappa shape index (κ2) is 7.85. The molecule has 4 nitrogen and oxygen atoms in total. The van der Waals surface area contributed by atoms with Gasteiger partial charge < -0.3 is 4.90 Å². The maximum absolute atomic E-state index is 13.3. The van der Waals surface area contributed by atoms with Gasteiger partial charge in [-0.2, -0.15) is 0 Å². The lowest BCUT2D eigenvalue weighted by molar-refractivity contribution is -0.131. The van der Waals surface area contributed by atoms with Crippen LogP contribution in [-0.2, 0) is 21.1 Å².